The molecular weight excluding hydrogens is 392 g/mol. The van der Waals surface area contributed by atoms with Crippen molar-refractivity contribution in [2.75, 3.05) is 25.0 Å². The van der Waals surface area contributed by atoms with Crippen LogP contribution in [0, 0.1) is 0 Å². The summed E-state index contributed by atoms with van der Waals surface area (Å²) in [5.74, 6) is 0. The standard InChI is InChI=1S/C24H30OS2.C2H6/c1-26(2,15-13-19-5-7-21-9-11-23(21)17-19)25-27(3,4)16-14-20-6-8-22-10-12-24(22)18-20;1-2/h5-8,13-18H,9-12H2,1-4H3;1-2H3/b15-13+,16-14+;. The Bertz CT molecular complexity index is 847. The van der Waals surface area contributed by atoms with E-state index in [1.54, 1.807) is 0 Å². The lowest BCUT2D eigenvalue weighted by atomic mass is 9.87. The molecule has 3 heteroatoms. The van der Waals surface area contributed by atoms with Crippen LogP contribution in [0.1, 0.15) is 47.2 Å². The molecule has 0 radical (unpaired) electrons. The second-order valence-corrected chi connectivity index (χ2v) is 14.7. The second-order valence-electron chi connectivity index (χ2n) is 8.35. The van der Waals surface area contributed by atoms with Crippen LogP contribution in [-0.2, 0) is 29.3 Å². The van der Waals surface area contributed by atoms with Crippen LogP contribution < -0.4 is 0 Å². The number of rotatable bonds is 6. The van der Waals surface area contributed by atoms with E-state index in [0.717, 1.165) is 0 Å². The van der Waals surface area contributed by atoms with E-state index in [1.807, 2.05) is 13.8 Å². The van der Waals surface area contributed by atoms with Crippen LogP contribution in [0.25, 0.3) is 12.2 Å². The smallest absolute Gasteiger partial charge is 0.00815 e. The van der Waals surface area contributed by atoms with Crippen molar-refractivity contribution >= 4 is 32.8 Å². The molecule has 0 fully saturated rings. The summed E-state index contributed by atoms with van der Waals surface area (Å²) in [5, 5.41) is 4.56. The molecule has 0 amide bonds. The molecule has 0 saturated heterocycles. The van der Waals surface area contributed by atoms with Crippen molar-refractivity contribution < 1.29 is 3.63 Å². The molecule has 158 valence electrons. The quantitative estimate of drug-likeness (QED) is 0.462. The van der Waals surface area contributed by atoms with E-state index in [2.05, 4.69) is 84.4 Å². The van der Waals surface area contributed by atoms with Crippen molar-refractivity contribution in [3.63, 3.8) is 0 Å². The monoisotopic (exact) mass is 428 g/mol. The topological polar surface area (TPSA) is 9.23 Å². The van der Waals surface area contributed by atoms with Crippen LogP contribution in [0.2, 0.25) is 0 Å². The molecule has 0 unspecified atom stereocenters. The molecule has 0 heterocycles. The molecule has 0 N–H and O–H groups in total. The third kappa shape index (κ3) is 5.81. The van der Waals surface area contributed by atoms with E-state index < -0.39 is 20.6 Å². The SMILES string of the molecule is CC.CS(C)(/C=C/c1ccc2c(c1)CC2)OS(C)(C)/C=C/c1ccc2c(c1)CC2. The van der Waals surface area contributed by atoms with Gasteiger partial charge in [-0.25, -0.2) is 0 Å². The van der Waals surface area contributed by atoms with Crippen LogP contribution in [0.3, 0.4) is 0 Å². The van der Waals surface area contributed by atoms with Gasteiger partial charge in [-0.05, 0) is 107 Å². The van der Waals surface area contributed by atoms with Crippen molar-refractivity contribution in [2.45, 2.75) is 39.5 Å². The first-order chi connectivity index (χ1) is 13.8. The Hall–Kier alpha value is -1.42. The molecule has 2 aliphatic rings. The van der Waals surface area contributed by atoms with E-state index in [-0.39, 0.29) is 0 Å². The van der Waals surface area contributed by atoms with E-state index in [9.17, 15) is 0 Å². The lowest BCUT2D eigenvalue weighted by Gasteiger charge is -2.38. The fourth-order valence-electron chi connectivity index (χ4n) is 3.62. The number of hydrogen-bond acceptors (Lipinski definition) is 1. The average Bonchev–Trinajstić information content (AvgIpc) is 2.63. The van der Waals surface area contributed by atoms with Crippen LogP contribution in [0.4, 0.5) is 0 Å². The third-order valence-corrected chi connectivity index (χ3v) is 9.70. The van der Waals surface area contributed by atoms with Crippen LogP contribution in [-0.4, -0.2) is 25.0 Å². The van der Waals surface area contributed by atoms with Gasteiger partial charge in [0.15, 0.2) is 0 Å². The van der Waals surface area contributed by atoms with E-state index in [0.29, 0.717) is 0 Å². The Morgan fingerprint density at radius 1 is 0.621 bits per heavy atom. The number of fused-ring (bicyclic) bond motifs is 2. The molecule has 4 rings (SSSR count). The summed E-state index contributed by atoms with van der Waals surface area (Å²) in [6, 6.07) is 13.7. The highest BCUT2D eigenvalue weighted by Gasteiger charge is 2.19. The third-order valence-electron chi connectivity index (χ3n) is 5.32. The van der Waals surface area contributed by atoms with Crippen LogP contribution >= 0.6 is 20.6 Å². The molecule has 29 heavy (non-hydrogen) atoms. The van der Waals surface area contributed by atoms with Crippen molar-refractivity contribution in [1.29, 1.82) is 0 Å². The van der Waals surface area contributed by atoms with Crippen LogP contribution in [0.15, 0.2) is 47.2 Å². The Labute approximate surface area is 181 Å². The van der Waals surface area contributed by atoms with Gasteiger partial charge in [0.1, 0.15) is 0 Å². The summed E-state index contributed by atoms with van der Waals surface area (Å²) in [4.78, 5) is 0. The van der Waals surface area contributed by atoms with Crippen molar-refractivity contribution in [1.82, 2.24) is 0 Å². The molecule has 0 bridgehead atoms. The zero-order valence-corrected chi connectivity index (χ0v) is 20.5. The van der Waals surface area contributed by atoms with E-state index in [4.69, 9.17) is 3.63 Å². The molecule has 0 atom stereocenters. The Morgan fingerprint density at radius 3 is 1.31 bits per heavy atom. The highest BCUT2D eigenvalue weighted by molar-refractivity contribution is 8.43. The van der Waals surface area contributed by atoms with Gasteiger partial charge in [-0.15, -0.1) is 20.6 Å². The van der Waals surface area contributed by atoms with Gasteiger partial charge in [0.05, 0.1) is 0 Å². The Balaban J connectivity index is 0.00000117. The van der Waals surface area contributed by atoms with Gasteiger partial charge in [0, 0.05) is 0 Å². The van der Waals surface area contributed by atoms with Gasteiger partial charge >= 0.3 is 0 Å². The highest BCUT2D eigenvalue weighted by Crippen LogP contribution is 2.59. The van der Waals surface area contributed by atoms with Gasteiger partial charge < -0.3 is 0 Å². The lowest BCUT2D eigenvalue weighted by Crippen LogP contribution is -2.07. The van der Waals surface area contributed by atoms with Crippen molar-refractivity contribution in [3.8, 4) is 0 Å². The van der Waals surface area contributed by atoms with Crippen molar-refractivity contribution in [3.05, 3.63) is 80.6 Å². The van der Waals surface area contributed by atoms with Crippen LogP contribution in [0.5, 0.6) is 0 Å². The maximum atomic E-state index is 6.60. The van der Waals surface area contributed by atoms with Gasteiger partial charge in [-0.3, -0.25) is 3.63 Å². The van der Waals surface area contributed by atoms with Gasteiger partial charge in [0.2, 0.25) is 0 Å². The summed E-state index contributed by atoms with van der Waals surface area (Å²) in [7, 11) is -2.49. The summed E-state index contributed by atoms with van der Waals surface area (Å²) in [5.41, 5.74) is 8.64. The molecule has 2 aliphatic carbocycles. The molecular formula is C26H36OS2. The number of hydrogen-bond donors (Lipinski definition) is 0. The fraction of sp³-hybridized carbons (Fsp3) is 0.385. The molecule has 0 saturated carbocycles. The number of aryl methyl sites for hydroxylation is 4. The molecule has 1 nitrogen and oxygen atoms in total. The molecule has 0 aliphatic heterocycles. The largest absolute Gasteiger partial charge is 0.284 e. The molecule has 2 aromatic rings. The number of benzene rings is 2. The summed E-state index contributed by atoms with van der Waals surface area (Å²) in [6.45, 7) is 4.00. The minimum Gasteiger partial charge on any atom is -0.284 e. The summed E-state index contributed by atoms with van der Waals surface area (Å²) >= 11 is 0. The first-order valence-corrected chi connectivity index (χ1v) is 15.4. The predicted octanol–water partition coefficient (Wildman–Crippen LogP) is 7.53. The highest BCUT2D eigenvalue weighted by atomic mass is 32.3. The zero-order valence-electron chi connectivity index (χ0n) is 18.8. The Kier molecular flexibility index (Phi) is 7.03. The second kappa shape index (κ2) is 9.16. The summed E-state index contributed by atoms with van der Waals surface area (Å²) in [6.07, 6.45) is 18.4. The average molecular weight is 429 g/mol. The Morgan fingerprint density at radius 2 is 1.00 bits per heavy atom. The molecule has 2 aromatic carbocycles. The van der Waals surface area contributed by atoms with E-state index in [1.165, 1.54) is 59.1 Å². The minimum absolute atomic E-state index is 1.23. The maximum absolute atomic E-state index is 6.60. The first kappa shape index (κ1) is 22.3. The van der Waals surface area contributed by atoms with Gasteiger partial charge in [-0.1, -0.05) is 50.2 Å². The lowest BCUT2D eigenvalue weighted by molar-refractivity contribution is 0.723. The van der Waals surface area contributed by atoms with Gasteiger partial charge in [0.25, 0.3) is 0 Å². The van der Waals surface area contributed by atoms with Gasteiger partial charge in [-0.2, -0.15) is 0 Å². The summed E-state index contributed by atoms with van der Waals surface area (Å²) < 4.78 is 6.60. The fourth-order valence-corrected chi connectivity index (χ4v) is 8.57. The molecule has 0 aromatic heterocycles. The normalized spacial score (nSPS) is 16.3. The first-order valence-electron chi connectivity index (χ1n) is 10.6. The van der Waals surface area contributed by atoms with Crippen molar-refractivity contribution in [2.24, 2.45) is 0 Å². The molecule has 0 spiro atoms. The van der Waals surface area contributed by atoms with E-state index >= 15 is 0 Å². The zero-order chi connectivity index (χ0) is 21.1. The minimum atomic E-state index is -1.25. The predicted molar refractivity (Wildman–Crippen MR) is 137 cm³/mol. The maximum Gasteiger partial charge on any atom is -0.00815 e.